The van der Waals surface area contributed by atoms with Gasteiger partial charge in [-0.3, -0.25) is 14.4 Å². The molecule has 1 saturated heterocycles. The van der Waals surface area contributed by atoms with Gasteiger partial charge in [-0.15, -0.1) is 0 Å². The molecule has 2 amide bonds. The Hall–Kier alpha value is -4.08. The first-order valence-electron chi connectivity index (χ1n) is 11.4. The summed E-state index contributed by atoms with van der Waals surface area (Å²) < 4.78 is 30.0. The fourth-order valence-electron chi connectivity index (χ4n) is 4.53. The Kier molecular flexibility index (Phi) is 6.87. The number of aromatic carboxylic acids is 1. The number of alkyl halides is 1. The molecule has 1 aliphatic heterocycles. The number of carbonyl (C=O) groups is 4. The Morgan fingerprint density at radius 1 is 1.17 bits per heavy atom. The highest BCUT2D eigenvalue weighted by Gasteiger charge is 2.39. The molecule has 3 aromatic rings. The molecule has 4 rings (SSSR count). The summed E-state index contributed by atoms with van der Waals surface area (Å²) in [7, 11) is 0. The summed E-state index contributed by atoms with van der Waals surface area (Å²) >= 11 is 0. The zero-order valence-corrected chi connectivity index (χ0v) is 19.8. The van der Waals surface area contributed by atoms with Crippen LogP contribution in [0.5, 0.6) is 0 Å². The van der Waals surface area contributed by atoms with Crippen molar-refractivity contribution in [2.75, 3.05) is 6.54 Å². The van der Waals surface area contributed by atoms with E-state index in [9.17, 15) is 33.1 Å². The molecule has 1 aromatic heterocycles. The van der Waals surface area contributed by atoms with Crippen molar-refractivity contribution in [1.82, 2.24) is 14.8 Å². The summed E-state index contributed by atoms with van der Waals surface area (Å²) in [6.07, 6.45) is -0.148. The number of halogens is 2. The molecule has 2 heterocycles. The first-order chi connectivity index (χ1) is 17.1. The van der Waals surface area contributed by atoms with Gasteiger partial charge in [-0.05, 0) is 31.5 Å². The van der Waals surface area contributed by atoms with Gasteiger partial charge in [0.1, 0.15) is 24.6 Å². The van der Waals surface area contributed by atoms with E-state index in [-0.39, 0.29) is 43.0 Å². The number of carboxylic acid groups (broad SMARTS) is 1. The van der Waals surface area contributed by atoms with E-state index in [0.717, 1.165) is 4.90 Å². The number of aryl methyl sites for hydroxylation is 1. The molecule has 2 atom stereocenters. The monoisotopic (exact) mass is 497 g/mol. The van der Waals surface area contributed by atoms with Gasteiger partial charge in [-0.2, -0.15) is 0 Å². The largest absolute Gasteiger partial charge is 0.478 e. The van der Waals surface area contributed by atoms with Crippen molar-refractivity contribution in [2.45, 2.75) is 45.6 Å². The molecule has 1 fully saturated rings. The lowest BCUT2D eigenvalue weighted by Gasteiger charge is -2.24. The van der Waals surface area contributed by atoms with Crippen molar-refractivity contribution >= 4 is 34.5 Å². The molecule has 10 heteroatoms. The second kappa shape index (κ2) is 9.88. The summed E-state index contributed by atoms with van der Waals surface area (Å²) in [5.74, 6) is -3.03. The highest BCUT2D eigenvalue weighted by molar-refractivity contribution is 6.08. The lowest BCUT2D eigenvalue weighted by Crippen LogP contribution is -2.46. The van der Waals surface area contributed by atoms with Crippen LogP contribution >= 0.6 is 0 Å². The van der Waals surface area contributed by atoms with E-state index in [1.165, 1.54) is 42.0 Å². The number of hydrogen-bond donors (Lipinski definition) is 2. The molecule has 0 radical (unpaired) electrons. The number of benzene rings is 2. The standard InChI is InChI=1S/C26H25F2N3O5/c1-14-4-3-5-17(24(14)28)10-29-25(34)22-9-18(27)11-31(22)23(33)13-30-12-20(15(2)32)19-7-6-16(26(35)36)8-21(19)30/h3-8,12,18,22H,9-11,13H2,1-2H3,(H,29,34)(H,35,36)/t18-,22+/m1/s1. The van der Waals surface area contributed by atoms with Gasteiger partial charge in [0.2, 0.25) is 11.8 Å². The summed E-state index contributed by atoms with van der Waals surface area (Å²) in [5, 5.41) is 12.4. The number of amides is 2. The second-order valence-electron chi connectivity index (χ2n) is 8.92. The fourth-order valence-corrected chi connectivity index (χ4v) is 4.53. The van der Waals surface area contributed by atoms with Crippen LogP contribution in [0.4, 0.5) is 8.78 Å². The lowest BCUT2D eigenvalue weighted by molar-refractivity contribution is -0.139. The minimum absolute atomic E-state index is 0.0185. The van der Waals surface area contributed by atoms with Crippen LogP contribution in [-0.2, 0) is 22.7 Å². The van der Waals surface area contributed by atoms with Gasteiger partial charge in [0.25, 0.3) is 0 Å². The van der Waals surface area contributed by atoms with Crippen molar-refractivity contribution < 1.29 is 33.1 Å². The minimum Gasteiger partial charge on any atom is -0.478 e. The number of ketones is 1. The first kappa shape index (κ1) is 25.0. The summed E-state index contributed by atoms with van der Waals surface area (Å²) in [6.45, 7) is 2.25. The maximum Gasteiger partial charge on any atom is 0.335 e. The van der Waals surface area contributed by atoms with Gasteiger partial charge in [0.15, 0.2) is 5.78 Å². The first-order valence-corrected chi connectivity index (χ1v) is 11.4. The predicted octanol–water partition coefficient (Wildman–Crippen LogP) is 3.25. The minimum atomic E-state index is -1.41. The number of rotatable bonds is 7. The Labute approximate surface area is 205 Å². The van der Waals surface area contributed by atoms with E-state index < -0.39 is 35.8 Å². The van der Waals surface area contributed by atoms with Crippen molar-refractivity contribution in [3.8, 4) is 0 Å². The molecule has 8 nitrogen and oxygen atoms in total. The van der Waals surface area contributed by atoms with Crippen LogP contribution in [0, 0.1) is 12.7 Å². The van der Waals surface area contributed by atoms with Gasteiger partial charge in [0.05, 0.1) is 17.6 Å². The van der Waals surface area contributed by atoms with Crippen molar-refractivity contribution in [3.63, 3.8) is 0 Å². The smallest absolute Gasteiger partial charge is 0.335 e. The zero-order chi connectivity index (χ0) is 26.1. The third-order valence-electron chi connectivity index (χ3n) is 6.41. The van der Waals surface area contributed by atoms with E-state index in [4.69, 9.17) is 0 Å². The van der Waals surface area contributed by atoms with Crippen LogP contribution in [0.25, 0.3) is 10.9 Å². The third kappa shape index (κ3) is 4.84. The molecule has 0 bridgehead atoms. The van der Waals surface area contributed by atoms with Gasteiger partial charge in [-0.25, -0.2) is 13.6 Å². The molecule has 2 aromatic carbocycles. The number of nitrogens with one attached hydrogen (secondary N) is 1. The average Bonchev–Trinajstić information content (AvgIpc) is 3.40. The average molecular weight is 497 g/mol. The van der Waals surface area contributed by atoms with E-state index in [1.807, 2.05) is 0 Å². The molecule has 0 aliphatic carbocycles. The van der Waals surface area contributed by atoms with Crippen molar-refractivity contribution in [2.24, 2.45) is 0 Å². The summed E-state index contributed by atoms with van der Waals surface area (Å²) in [4.78, 5) is 50.7. The van der Waals surface area contributed by atoms with Crippen LogP contribution in [-0.4, -0.2) is 56.9 Å². The van der Waals surface area contributed by atoms with Crippen LogP contribution in [0.15, 0.2) is 42.6 Å². The Bertz CT molecular complexity index is 1380. The number of fused-ring (bicyclic) bond motifs is 1. The summed E-state index contributed by atoms with van der Waals surface area (Å²) in [6, 6.07) is 7.96. The van der Waals surface area contributed by atoms with Crippen molar-refractivity contribution in [1.29, 1.82) is 0 Å². The molecule has 0 unspecified atom stereocenters. The van der Waals surface area contributed by atoms with Crippen LogP contribution in [0.3, 0.4) is 0 Å². The van der Waals surface area contributed by atoms with E-state index in [1.54, 1.807) is 19.1 Å². The number of hydrogen-bond acceptors (Lipinski definition) is 4. The number of carbonyl (C=O) groups excluding carboxylic acids is 3. The highest BCUT2D eigenvalue weighted by atomic mass is 19.1. The van der Waals surface area contributed by atoms with Crippen LogP contribution in [0.2, 0.25) is 0 Å². The Balaban J connectivity index is 1.55. The number of nitrogens with zero attached hydrogens (tertiary/aromatic N) is 2. The third-order valence-corrected chi connectivity index (χ3v) is 6.41. The predicted molar refractivity (Wildman–Crippen MR) is 127 cm³/mol. The Morgan fingerprint density at radius 2 is 1.92 bits per heavy atom. The molecule has 0 spiro atoms. The van der Waals surface area contributed by atoms with Gasteiger partial charge < -0.3 is 19.9 Å². The molecular formula is C26H25F2N3O5. The number of Topliss-reactive ketones (excluding diaryl/α,β-unsaturated/α-hetero) is 1. The Morgan fingerprint density at radius 3 is 2.61 bits per heavy atom. The summed E-state index contributed by atoms with van der Waals surface area (Å²) in [5.41, 5.74) is 1.36. The van der Waals surface area contributed by atoms with E-state index in [0.29, 0.717) is 22.0 Å². The highest BCUT2D eigenvalue weighted by Crippen LogP contribution is 2.26. The normalized spacial score (nSPS) is 17.4. The van der Waals surface area contributed by atoms with Gasteiger partial charge >= 0.3 is 5.97 Å². The zero-order valence-electron chi connectivity index (χ0n) is 19.8. The number of likely N-dealkylation sites (tertiary alicyclic amines) is 1. The molecule has 0 saturated carbocycles. The maximum absolute atomic E-state index is 14.3. The number of carboxylic acids is 1. The maximum atomic E-state index is 14.3. The lowest BCUT2D eigenvalue weighted by atomic mass is 10.1. The van der Waals surface area contributed by atoms with Gasteiger partial charge in [-0.1, -0.05) is 24.3 Å². The quantitative estimate of drug-likeness (QED) is 0.487. The molecule has 1 aliphatic rings. The SMILES string of the molecule is CC(=O)c1cn(CC(=O)N2C[C@H](F)C[C@H]2C(=O)NCc2cccc(C)c2F)c2cc(C(=O)O)ccc12. The fraction of sp³-hybridized carbons (Fsp3) is 0.308. The van der Waals surface area contributed by atoms with Crippen LogP contribution in [0.1, 0.15) is 45.2 Å². The van der Waals surface area contributed by atoms with E-state index in [2.05, 4.69) is 5.32 Å². The molecule has 188 valence electrons. The molecular weight excluding hydrogens is 472 g/mol. The van der Waals surface area contributed by atoms with Gasteiger partial charge in [0, 0.05) is 35.7 Å². The molecule has 2 N–H and O–H groups in total. The molecule has 36 heavy (non-hydrogen) atoms. The number of aromatic nitrogens is 1. The van der Waals surface area contributed by atoms with Crippen LogP contribution < -0.4 is 5.32 Å². The topological polar surface area (TPSA) is 109 Å². The van der Waals surface area contributed by atoms with E-state index >= 15 is 0 Å². The second-order valence-corrected chi connectivity index (χ2v) is 8.92. The van der Waals surface area contributed by atoms with Crippen molar-refractivity contribution in [3.05, 3.63) is 70.7 Å².